The number of nitrogens with zero attached hydrogens (tertiary/aromatic N) is 2. The number of fused-ring (bicyclic) bond motifs is 1. The Kier molecular flexibility index (Phi) is 7.32. The monoisotopic (exact) mass is 538 g/mol. The second-order valence-electron chi connectivity index (χ2n) is 9.46. The van der Waals surface area contributed by atoms with Crippen molar-refractivity contribution in [2.45, 2.75) is 42.5 Å². The lowest BCUT2D eigenvalue weighted by Gasteiger charge is -2.40. The van der Waals surface area contributed by atoms with Gasteiger partial charge in [-0.3, -0.25) is 4.79 Å². The fourth-order valence-corrected chi connectivity index (χ4v) is 7.68. The number of urea groups is 1. The number of hydrogen-bond acceptors (Lipinski definition) is 5. The van der Waals surface area contributed by atoms with Crippen molar-refractivity contribution in [3.05, 3.63) is 82.7 Å². The Morgan fingerprint density at radius 1 is 1.00 bits per heavy atom. The fraction of sp³-hybridized carbons (Fsp3) is 0.333. The maximum absolute atomic E-state index is 13.7. The Morgan fingerprint density at radius 2 is 1.78 bits per heavy atom. The normalized spacial score (nSPS) is 20.2. The highest BCUT2D eigenvalue weighted by molar-refractivity contribution is 7.91. The minimum absolute atomic E-state index is 0.0287. The van der Waals surface area contributed by atoms with Crippen LogP contribution in [0.1, 0.15) is 35.6 Å². The number of hydrogen-bond donors (Lipinski definition) is 2. The number of thiophene rings is 1. The number of carbonyl (C=O) groups excluding carboxylic acids is 2. The summed E-state index contributed by atoms with van der Waals surface area (Å²) in [4.78, 5) is 28.3. The molecule has 0 radical (unpaired) electrons. The van der Waals surface area contributed by atoms with E-state index in [1.165, 1.54) is 14.8 Å². The van der Waals surface area contributed by atoms with Crippen LogP contribution in [0.5, 0.6) is 0 Å². The maximum Gasteiger partial charge on any atom is 0.321 e. The van der Waals surface area contributed by atoms with Crippen LogP contribution in [0.3, 0.4) is 0 Å². The molecule has 2 aliphatic rings. The molecular formula is C27H30N4O4S2. The van der Waals surface area contributed by atoms with E-state index in [1.54, 1.807) is 17.5 Å². The topological polar surface area (TPSA) is 98.8 Å². The molecule has 2 N–H and O–H groups in total. The van der Waals surface area contributed by atoms with Gasteiger partial charge in [-0.25, -0.2) is 13.2 Å². The van der Waals surface area contributed by atoms with Crippen molar-refractivity contribution < 1.29 is 18.0 Å². The summed E-state index contributed by atoms with van der Waals surface area (Å²) in [6.07, 6.45) is 2.68. The third-order valence-corrected chi connectivity index (χ3v) is 10.2. The van der Waals surface area contributed by atoms with Crippen molar-refractivity contribution >= 4 is 39.0 Å². The molecule has 2 atom stereocenters. The highest BCUT2D eigenvalue weighted by Crippen LogP contribution is 2.31. The molecule has 37 heavy (non-hydrogen) atoms. The largest absolute Gasteiger partial charge is 0.348 e. The number of nitrogens with one attached hydrogen (secondary N) is 2. The summed E-state index contributed by atoms with van der Waals surface area (Å²) < 4.78 is 28.4. The average molecular weight is 539 g/mol. The van der Waals surface area contributed by atoms with Gasteiger partial charge in [-0.2, -0.15) is 4.31 Å². The van der Waals surface area contributed by atoms with E-state index < -0.39 is 22.0 Å². The van der Waals surface area contributed by atoms with Crippen LogP contribution in [0.4, 0.5) is 10.5 Å². The molecule has 1 aliphatic heterocycles. The maximum atomic E-state index is 13.7. The number of amides is 3. The molecule has 2 unspecified atom stereocenters. The van der Waals surface area contributed by atoms with E-state index in [0.29, 0.717) is 5.69 Å². The first-order chi connectivity index (χ1) is 17.8. The van der Waals surface area contributed by atoms with Gasteiger partial charge < -0.3 is 15.5 Å². The molecule has 5 rings (SSSR count). The van der Waals surface area contributed by atoms with Crippen LogP contribution in [0.25, 0.3) is 0 Å². The van der Waals surface area contributed by atoms with Crippen LogP contribution in [-0.2, 0) is 21.2 Å². The van der Waals surface area contributed by atoms with E-state index in [4.69, 9.17) is 0 Å². The SMILES string of the molecule is Cc1ccc(NC(=O)N2CCN(S(=O)(=O)c3cccs3)C(C(=O)NC3CCCc4ccccc43)C2)cc1. The van der Waals surface area contributed by atoms with Gasteiger partial charge in [-0.05, 0) is 60.9 Å². The van der Waals surface area contributed by atoms with Gasteiger partial charge in [0.25, 0.3) is 10.0 Å². The third-order valence-electron chi connectivity index (χ3n) is 6.97. The van der Waals surface area contributed by atoms with Gasteiger partial charge in [0, 0.05) is 25.3 Å². The highest BCUT2D eigenvalue weighted by atomic mass is 32.2. The number of anilines is 1. The highest BCUT2D eigenvalue weighted by Gasteiger charge is 2.42. The Hall–Kier alpha value is -3.21. The summed E-state index contributed by atoms with van der Waals surface area (Å²) >= 11 is 1.12. The van der Waals surface area contributed by atoms with Crippen molar-refractivity contribution in [3.63, 3.8) is 0 Å². The van der Waals surface area contributed by atoms with Crippen LogP contribution in [-0.4, -0.2) is 55.2 Å². The number of aryl methyl sites for hydroxylation is 2. The van der Waals surface area contributed by atoms with Crippen LogP contribution >= 0.6 is 11.3 Å². The summed E-state index contributed by atoms with van der Waals surface area (Å²) in [7, 11) is -3.89. The molecule has 0 saturated carbocycles. The number of benzene rings is 2. The Labute approximate surface area is 221 Å². The van der Waals surface area contributed by atoms with Gasteiger partial charge in [-0.15, -0.1) is 11.3 Å². The van der Waals surface area contributed by atoms with Gasteiger partial charge in [-0.1, -0.05) is 48.0 Å². The van der Waals surface area contributed by atoms with Crippen molar-refractivity contribution in [2.75, 3.05) is 25.0 Å². The summed E-state index contributed by atoms with van der Waals surface area (Å²) in [5.74, 6) is -0.394. The predicted molar refractivity (Wildman–Crippen MR) is 144 cm³/mol. The molecule has 0 spiro atoms. The van der Waals surface area contributed by atoms with Crippen molar-refractivity contribution in [1.29, 1.82) is 0 Å². The van der Waals surface area contributed by atoms with Crippen LogP contribution in [0.2, 0.25) is 0 Å². The first-order valence-electron chi connectivity index (χ1n) is 12.4. The molecule has 0 bridgehead atoms. The number of rotatable bonds is 5. The van der Waals surface area contributed by atoms with E-state index in [2.05, 4.69) is 16.7 Å². The molecule has 10 heteroatoms. The summed E-state index contributed by atoms with van der Waals surface area (Å²) in [6.45, 7) is 2.13. The van der Waals surface area contributed by atoms with Gasteiger partial charge in [0.1, 0.15) is 10.3 Å². The number of piperazine rings is 1. The summed E-state index contributed by atoms with van der Waals surface area (Å²) in [5, 5.41) is 7.67. The summed E-state index contributed by atoms with van der Waals surface area (Å²) in [6, 6.07) is 17.1. The lowest BCUT2D eigenvalue weighted by Crippen LogP contribution is -2.62. The predicted octanol–water partition coefficient (Wildman–Crippen LogP) is 4.16. The fourth-order valence-electron chi connectivity index (χ4n) is 4.99. The molecular weight excluding hydrogens is 508 g/mol. The molecule has 3 amide bonds. The average Bonchev–Trinajstić information content (AvgIpc) is 3.46. The molecule has 1 aliphatic carbocycles. The second kappa shape index (κ2) is 10.6. The third kappa shape index (κ3) is 5.41. The first kappa shape index (κ1) is 25.4. The zero-order valence-electron chi connectivity index (χ0n) is 20.6. The minimum atomic E-state index is -3.89. The molecule has 2 heterocycles. The number of carbonyl (C=O) groups is 2. The minimum Gasteiger partial charge on any atom is -0.348 e. The van der Waals surface area contributed by atoms with Crippen LogP contribution < -0.4 is 10.6 Å². The van der Waals surface area contributed by atoms with E-state index in [0.717, 1.165) is 41.7 Å². The molecule has 194 valence electrons. The van der Waals surface area contributed by atoms with E-state index in [-0.39, 0.29) is 35.9 Å². The molecule has 8 nitrogen and oxygen atoms in total. The van der Waals surface area contributed by atoms with Gasteiger partial charge >= 0.3 is 6.03 Å². The molecule has 1 aromatic heterocycles. The number of sulfonamides is 1. The Morgan fingerprint density at radius 3 is 2.54 bits per heavy atom. The van der Waals surface area contributed by atoms with E-state index >= 15 is 0 Å². The lowest BCUT2D eigenvalue weighted by molar-refractivity contribution is -0.127. The van der Waals surface area contributed by atoms with Gasteiger partial charge in [0.2, 0.25) is 5.91 Å². The van der Waals surface area contributed by atoms with Gasteiger partial charge in [0.15, 0.2) is 0 Å². The van der Waals surface area contributed by atoms with Crippen molar-refractivity contribution in [3.8, 4) is 0 Å². The van der Waals surface area contributed by atoms with Gasteiger partial charge in [0.05, 0.1) is 6.04 Å². The Bertz CT molecular complexity index is 1370. The van der Waals surface area contributed by atoms with E-state index in [9.17, 15) is 18.0 Å². The van der Waals surface area contributed by atoms with Crippen molar-refractivity contribution in [1.82, 2.24) is 14.5 Å². The lowest BCUT2D eigenvalue weighted by atomic mass is 9.87. The standard InChI is InChI=1S/C27H30N4O4S2/c1-19-11-13-21(14-12-19)28-27(33)30-15-16-31(37(34,35)25-10-5-17-36-25)24(18-30)26(32)29-23-9-4-7-20-6-2-3-8-22(20)23/h2-3,5-6,8,10-14,17,23-24H,4,7,9,15-16,18H2,1H3,(H,28,33)(H,29,32). The quantitative estimate of drug-likeness (QED) is 0.510. The second-order valence-corrected chi connectivity index (χ2v) is 12.5. The molecule has 2 aromatic carbocycles. The molecule has 1 fully saturated rings. The van der Waals surface area contributed by atoms with Crippen molar-refractivity contribution in [2.24, 2.45) is 0 Å². The Balaban J connectivity index is 1.38. The summed E-state index contributed by atoms with van der Waals surface area (Å²) in [5.41, 5.74) is 3.99. The van der Waals surface area contributed by atoms with Crippen LogP contribution in [0, 0.1) is 6.92 Å². The zero-order valence-corrected chi connectivity index (χ0v) is 22.2. The molecule has 3 aromatic rings. The van der Waals surface area contributed by atoms with E-state index in [1.807, 2.05) is 49.4 Å². The zero-order chi connectivity index (χ0) is 26.0. The first-order valence-corrected chi connectivity index (χ1v) is 14.7. The molecule has 1 saturated heterocycles. The van der Waals surface area contributed by atoms with Crippen LogP contribution in [0.15, 0.2) is 70.3 Å². The smallest absolute Gasteiger partial charge is 0.321 e.